The Morgan fingerprint density at radius 3 is 1.61 bits per heavy atom. The van der Waals surface area contributed by atoms with Crippen LogP contribution in [0.2, 0.25) is 0 Å². The van der Waals surface area contributed by atoms with E-state index in [4.69, 9.17) is 0 Å². The maximum absolute atomic E-state index is 2.52. The highest BCUT2D eigenvalue weighted by molar-refractivity contribution is 7.99. The second-order valence-corrected chi connectivity index (χ2v) is 16.2. The third-order valence-electron chi connectivity index (χ3n) is 12.6. The van der Waals surface area contributed by atoms with Gasteiger partial charge in [0.05, 0.1) is 27.5 Å². The predicted octanol–water partition coefficient (Wildman–Crippen LogP) is 13.9. The number of fused-ring (bicyclic) bond motifs is 18. The van der Waals surface area contributed by atoms with Crippen LogP contribution in [-0.4, -0.2) is 9.13 Å². The molecule has 0 bridgehead atoms. The standard InChI is InChI=1S/C53H32N2S/c1-2-14-36-33(13-1)25-30-41-50-48(55(51(36)41)35-28-26-34(27-29-35)54-46-22-10-5-17-39(46)40-18-6-11-23-47(40)54)32-31-45-52(50)56-49-24-12-9-21-44(49)53(45)42-19-7-3-15-37(42)38-16-4-8-20-43(38)53/h1-32H. The Bertz CT molecular complexity index is 3360. The van der Waals surface area contributed by atoms with Gasteiger partial charge >= 0.3 is 0 Å². The van der Waals surface area contributed by atoms with E-state index in [2.05, 4.69) is 203 Å². The summed E-state index contributed by atoms with van der Waals surface area (Å²) >= 11 is 1.94. The molecule has 0 unspecified atom stereocenters. The fourth-order valence-electron chi connectivity index (χ4n) is 10.4. The fraction of sp³-hybridized carbons (Fsp3) is 0.0189. The molecule has 0 saturated heterocycles. The topological polar surface area (TPSA) is 9.86 Å². The van der Waals surface area contributed by atoms with Gasteiger partial charge in [-0.2, -0.15) is 0 Å². The first-order chi connectivity index (χ1) is 27.8. The monoisotopic (exact) mass is 728 g/mol. The molecule has 0 atom stereocenters. The van der Waals surface area contributed by atoms with Gasteiger partial charge in [0.25, 0.3) is 0 Å². The molecular formula is C53H32N2S. The van der Waals surface area contributed by atoms with E-state index in [0.717, 1.165) is 11.4 Å². The summed E-state index contributed by atoms with van der Waals surface area (Å²) in [7, 11) is 0. The first-order valence-corrected chi connectivity index (χ1v) is 20.2. The summed E-state index contributed by atoms with van der Waals surface area (Å²) in [5.74, 6) is 0. The van der Waals surface area contributed by atoms with E-state index in [1.54, 1.807) is 0 Å². The lowest BCUT2D eigenvalue weighted by atomic mass is 9.67. The average molecular weight is 729 g/mol. The van der Waals surface area contributed by atoms with Gasteiger partial charge in [-0.1, -0.05) is 157 Å². The number of para-hydroxylation sites is 2. The molecular weight excluding hydrogens is 697 g/mol. The Kier molecular flexibility index (Phi) is 6.06. The van der Waals surface area contributed by atoms with Crippen LogP contribution in [0.4, 0.5) is 0 Å². The minimum atomic E-state index is -0.423. The summed E-state index contributed by atoms with van der Waals surface area (Å²) in [6, 6.07) is 72.4. The molecule has 0 fully saturated rings. The van der Waals surface area contributed by atoms with E-state index in [9.17, 15) is 0 Å². The molecule has 1 aliphatic heterocycles. The molecule has 2 aliphatic rings. The van der Waals surface area contributed by atoms with E-state index in [-0.39, 0.29) is 0 Å². The van der Waals surface area contributed by atoms with Crippen molar-refractivity contribution in [2.24, 2.45) is 0 Å². The van der Waals surface area contributed by atoms with Gasteiger partial charge in [-0.3, -0.25) is 0 Å². The summed E-state index contributed by atoms with van der Waals surface area (Å²) in [6.45, 7) is 0. The maximum Gasteiger partial charge on any atom is 0.0735 e. The van der Waals surface area contributed by atoms with Gasteiger partial charge in [0, 0.05) is 48.1 Å². The maximum atomic E-state index is 2.52. The van der Waals surface area contributed by atoms with Gasteiger partial charge in [0.2, 0.25) is 0 Å². The second kappa shape index (κ2) is 11.1. The molecule has 0 N–H and O–H groups in total. The zero-order valence-corrected chi connectivity index (χ0v) is 31.1. The highest BCUT2D eigenvalue weighted by Gasteiger charge is 2.50. The largest absolute Gasteiger partial charge is 0.309 e. The minimum Gasteiger partial charge on any atom is -0.309 e. The normalized spacial score (nSPS) is 13.8. The molecule has 1 aliphatic carbocycles. The summed E-state index contributed by atoms with van der Waals surface area (Å²) < 4.78 is 4.92. The number of benzene rings is 9. The van der Waals surface area contributed by atoms with Gasteiger partial charge in [-0.15, -0.1) is 0 Å². The van der Waals surface area contributed by atoms with Crippen molar-refractivity contribution in [3.63, 3.8) is 0 Å². The van der Waals surface area contributed by atoms with E-state index >= 15 is 0 Å². The van der Waals surface area contributed by atoms with Crippen LogP contribution in [0.25, 0.3) is 76.9 Å². The van der Waals surface area contributed by atoms with Crippen molar-refractivity contribution < 1.29 is 0 Å². The van der Waals surface area contributed by atoms with Gasteiger partial charge in [0.15, 0.2) is 0 Å². The summed E-state index contributed by atoms with van der Waals surface area (Å²) in [4.78, 5) is 2.66. The number of nitrogens with zero attached hydrogens (tertiary/aromatic N) is 2. The number of hydrogen-bond acceptors (Lipinski definition) is 1. The zero-order chi connectivity index (χ0) is 36.5. The van der Waals surface area contributed by atoms with Crippen LogP contribution >= 0.6 is 11.8 Å². The van der Waals surface area contributed by atoms with Crippen molar-refractivity contribution >= 4 is 66.1 Å². The smallest absolute Gasteiger partial charge is 0.0735 e. The number of aromatic nitrogens is 2. The van der Waals surface area contributed by atoms with Crippen LogP contribution in [-0.2, 0) is 5.41 Å². The Balaban J connectivity index is 1.12. The quantitative estimate of drug-likeness (QED) is 0.172. The lowest BCUT2D eigenvalue weighted by molar-refractivity contribution is 0.726. The molecule has 1 spiro atoms. The molecule has 11 aromatic rings. The predicted molar refractivity (Wildman–Crippen MR) is 234 cm³/mol. The van der Waals surface area contributed by atoms with Gasteiger partial charge in [-0.05, 0) is 87.3 Å². The van der Waals surface area contributed by atoms with E-state index in [1.807, 2.05) is 11.8 Å². The Morgan fingerprint density at radius 1 is 0.357 bits per heavy atom. The zero-order valence-electron chi connectivity index (χ0n) is 30.3. The highest BCUT2D eigenvalue weighted by Crippen LogP contribution is 2.63. The van der Waals surface area contributed by atoms with Crippen molar-refractivity contribution in [3.05, 3.63) is 216 Å². The minimum absolute atomic E-state index is 0.423. The van der Waals surface area contributed by atoms with E-state index in [0.29, 0.717) is 0 Å². The molecule has 0 saturated carbocycles. The van der Waals surface area contributed by atoms with Crippen LogP contribution in [0.15, 0.2) is 204 Å². The van der Waals surface area contributed by atoms with E-state index in [1.165, 1.54) is 97.6 Å². The molecule has 3 heterocycles. The van der Waals surface area contributed by atoms with Gasteiger partial charge < -0.3 is 9.13 Å². The lowest BCUT2D eigenvalue weighted by Crippen LogP contribution is -2.32. The van der Waals surface area contributed by atoms with Crippen molar-refractivity contribution in [3.8, 4) is 22.5 Å². The average Bonchev–Trinajstić information content (AvgIpc) is 3.89. The Labute approximate surface area is 327 Å². The molecule has 9 aromatic carbocycles. The van der Waals surface area contributed by atoms with E-state index < -0.39 is 5.41 Å². The van der Waals surface area contributed by atoms with Gasteiger partial charge in [0.1, 0.15) is 0 Å². The first-order valence-electron chi connectivity index (χ1n) is 19.4. The van der Waals surface area contributed by atoms with Crippen LogP contribution in [0.3, 0.4) is 0 Å². The van der Waals surface area contributed by atoms with Crippen molar-refractivity contribution in [2.45, 2.75) is 15.2 Å². The summed E-state index contributed by atoms with van der Waals surface area (Å²) in [5, 5.41) is 7.64. The third kappa shape index (κ3) is 3.78. The van der Waals surface area contributed by atoms with Crippen molar-refractivity contribution in [1.82, 2.24) is 9.13 Å². The van der Waals surface area contributed by atoms with Gasteiger partial charge in [-0.25, -0.2) is 0 Å². The van der Waals surface area contributed by atoms with Crippen molar-refractivity contribution in [2.75, 3.05) is 0 Å². The lowest BCUT2D eigenvalue weighted by Gasteiger charge is -2.40. The molecule has 13 rings (SSSR count). The van der Waals surface area contributed by atoms with Crippen LogP contribution < -0.4 is 0 Å². The van der Waals surface area contributed by atoms with Crippen molar-refractivity contribution in [1.29, 1.82) is 0 Å². The van der Waals surface area contributed by atoms with Crippen LogP contribution in [0, 0.1) is 0 Å². The molecule has 3 heteroatoms. The van der Waals surface area contributed by atoms with Crippen LogP contribution in [0.1, 0.15) is 22.3 Å². The summed E-state index contributed by atoms with van der Waals surface area (Å²) in [6.07, 6.45) is 0. The Hall–Kier alpha value is -6.81. The number of rotatable bonds is 2. The molecule has 2 nitrogen and oxygen atoms in total. The molecule has 0 radical (unpaired) electrons. The first kappa shape index (κ1) is 30.5. The third-order valence-corrected chi connectivity index (χ3v) is 13.8. The molecule has 2 aromatic heterocycles. The van der Waals surface area contributed by atoms with Crippen LogP contribution in [0.5, 0.6) is 0 Å². The Morgan fingerprint density at radius 2 is 0.911 bits per heavy atom. The molecule has 56 heavy (non-hydrogen) atoms. The summed E-state index contributed by atoms with van der Waals surface area (Å²) in [5.41, 5.74) is 14.9. The highest BCUT2D eigenvalue weighted by atomic mass is 32.2. The second-order valence-electron chi connectivity index (χ2n) is 15.2. The SMILES string of the molecule is c1ccc2c(c1)Sc1c(ccc3c1c1ccc4ccccc4c1n3-c1ccc(-n3c4ccccc4c4ccccc43)cc1)C21c2ccccc2-c2ccccc21. The molecule has 0 amide bonds. The number of hydrogen-bond donors (Lipinski definition) is 0. The molecule has 260 valence electrons. The fourth-order valence-corrected chi connectivity index (χ4v) is 11.7.